The monoisotopic (exact) mass is 272 g/mol. The molecule has 0 aliphatic carbocycles. The minimum absolute atomic E-state index is 0.0388. The Kier molecular flexibility index (Phi) is 4.20. The maximum absolute atomic E-state index is 12.0. The molecule has 1 amide bonds. The van der Waals surface area contributed by atoms with E-state index in [0.717, 1.165) is 11.4 Å². The lowest BCUT2D eigenvalue weighted by atomic mass is 10.00. The Balaban J connectivity index is 2.08. The molecule has 106 valence electrons. The van der Waals surface area contributed by atoms with Gasteiger partial charge >= 0.3 is 0 Å². The molecule has 1 aromatic heterocycles. The second kappa shape index (κ2) is 5.88. The van der Waals surface area contributed by atoms with Crippen molar-refractivity contribution in [3.63, 3.8) is 0 Å². The standard InChI is InChI=1S/C15H20N4O/c1-15(2,16)9-8-14(20)18-12-6-3-4-7-13(12)19-11-5-10-17-19/h3-7,10-11H,8-9,16H2,1-2H3,(H,18,20). The van der Waals surface area contributed by atoms with Gasteiger partial charge in [-0.1, -0.05) is 12.1 Å². The molecule has 0 aliphatic rings. The van der Waals surface area contributed by atoms with E-state index in [2.05, 4.69) is 10.4 Å². The number of benzene rings is 1. The summed E-state index contributed by atoms with van der Waals surface area (Å²) in [6.07, 6.45) is 4.59. The van der Waals surface area contributed by atoms with Gasteiger partial charge in [0.1, 0.15) is 0 Å². The Labute approximate surface area is 118 Å². The normalized spacial score (nSPS) is 11.3. The van der Waals surface area contributed by atoms with Crippen molar-refractivity contribution in [2.45, 2.75) is 32.2 Å². The van der Waals surface area contributed by atoms with Gasteiger partial charge in [-0.05, 0) is 38.5 Å². The van der Waals surface area contributed by atoms with E-state index in [-0.39, 0.29) is 11.4 Å². The van der Waals surface area contributed by atoms with Crippen LogP contribution in [-0.4, -0.2) is 21.2 Å². The minimum atomic E-state index is -0.334. The van der Waals surface area contributed by atoms with Gasteiger partial charge in [-0.2, -0.15) is 5.10 Å². The Morgan fingerprint density at radius 1 is 1.35 bits per heavy atom. The van der Waals surface area contributed by atoms with E-state index in [0.29, 0.717) is 12.8 Å². The van der Waals surface area contributed by atoms with Crippen LogP contribution in [0.1, 0.15) is 26.7 Å². The van der Waals surface area contributed by atoms with Crippen molar-refractivity contribution in [3.8, 4) is 5.69 Å². The highest BCUT2D eigenvalue weighted by molar-refractivity contribution is 5.92. The topological polar surface area (TPSA) is 72.9 Å². The summed E-state index contributed by atoms with van der Waals surface area (Å²) in [6.45, 7) is 3.83. The van der Waals surface area contributed by atoms with Crippen LogP contribution in [0, 0.1) is 0 Å². The van der Waals surface area contributed by atoms with Crippen molar-refractivity contribution in [2.75, 3.05) is 5.32 Å². The summed E-state index contributed by atoms with van der Waals surface area (Å²) < 4.78 is 1.72. The first-order chi connectivity index (χ1) is 9.46. The summed E-state index contributed by atoms with van der Waals surface area (Å²) in [5, 5.41) is 7.10. The maximum Gasteiger partial charge on any atom is 0.224 e. The van der Waals surface area contributed by atoms with E-state index in [1.165, 1.54) is 0 Å². The third kappa shape index (κ3) is 3.93. The van der Waals surface area contributed by atoms with Crippen LogP contribution < -0.4 is 11.1 Å². The Hall–Kier alpha value is -2.14. The predicted molar refractivity (Wildman–Crippen MR) is 79.7 cm³/mol. The highest BCUT2D eigenvalue weighted by Gasteiger charge is 2.14. The first-order valence-electron chi connectivity index (χ1n) is 6.63. The quantitative estimate of drug-likeness (QED) is 0.877. The van der Waals surface area contributed by atoms with E-state index in [1.54, 1.807) is 10.9 Å². The zero-order valence-corrected chi connectivity index (χ0v) is 11.8. The second-order valence-electron chi connectivity index (χ2n) is 5.50. The molecule has 1 aromatic carbocycles. The lowest BCUT2D eigenvalue weighted by Crippen LogP contribution is -2.33. The zero-order chi connectivity index (χ0) is 14.6. The molecule has 0 aliphatic heterocycles. The number of carbonyl (C=O) groups is 1. The summed E-state index contributed by atoms with van der Waals surface area (Å²) >= 11 is 0. The fourth-order valence-electron chi connectivity index (χ4n) is 1.84. The van der Waals surface area contributed by atoms with Crippen molar-refractivity contribution in [1.29, 1.82) is 0 Å². The molecule has 3 N–H and O–H groups in total. The number of amides is 1. The van der Waals surface area contributed by atoms with Crippen molar-refractivity contribution < 1.29 is 4.79 Å². The zero-order valence-electron chi connectivity index (χ0n) is 11.8. The van der Waals surface area contributed by atoms with Crippen molar-refractivity contribution in [1.82, 2.24) is 9.78 Å². The molecule has 0 saturated carbocycles. The number of hydrogen-bond acceptors (Lipinski definition) is 3. The highest BCUT2D eigenvalue weighted by atomic mass is 16.1. The van der Waals surface area contributed by atoms with Gasteiger partial charge in [-0.25, -0.2) is 4.68 Å². The van der Waals surface area contributed by atoms with Gasteiger partial charge in [-0.3, -0.25) is 4.79 Å². The van der Waals surface area contributed by atoms with Gasteiger partial charge < -0.3 is 11.1 Å². The molecule has 0 atom stereocenters. The fraction of sp³-hybridized carbons (Fsp3) is 0.333. The number of rotatable bonds is 5. The number of nitrogens with two attached hydrogens (primary N) is 1. The van der Waals surface area contributed by atoms with Gasteiger partial charge in [0, 0.05) is 24.4 Å². The Morgan fingerprint density at radius 2 is 2.10 bits per heavy atom. The number of aromatic nitrogens is 2. The fourth-order valence-corrected chi connectivity index (χ4v) is 1.84. The molecule has 5 nitrogen and oxygen atoms in total. The summed E-state index contributed by atoms with van der Waals surface area (Å²) in [5.74, 6) is -0.0388. The van der Waals surface area contributed by atoms with Gasteiger partial charge in [0.15, 0.2) is 0 Å². The third-order valence-corrected chi connectivity index (χ3v) is 2.93. The smallest absolute Gasteiger partial charge is 0.224 e. The highest BCUT2D eigenvalue weighted by Crippen LogP contribution is 2.19. The SMILES string of the molecule is CC(C)(N)CCC(=O)Nc1ccccc1-n1cccn1. The molecular formula is C15H20N4O. The summed E-state index contributed by atoms with van der Waals surface area (Å²) in [6, 6.07) is 9.42. The van der Waals surface area contributed by atoms with Crippen molar-refractivity contribution in [3.05, 3.63) is 42.7 Å². The number of carbonyl (C=O) groups excluding carboxylic acids is 1. The van der Waals surface area contributed by atoms with Gasteiger partial charge in [0.2, 0.25) is 5.91 Å². The molecule has 20 heavy (non-hydrogen) atoms. The first kappa shape index (κ1) is 14.3. The van der Waals surface area contributed by atoms with E-state index < -0.39 is 0 Å². The Bertz CT molecular complexity index is 570. The van der Waals surface area contributed by atoms with Crippen molar-refractivity contribution in [2.24, 2.45) is 5.73 Å². The van der Waals surface area contributed by atoms with E-state index >= 15 is 0 Å². The molecular weight excluding hydrogens is 252 g/mol. The number of hydrogen-bond donors (Lipinski definition) is 2. The summed E-state index contributed by atoms with van der Waals surface area (Å²) in [5.41, 5.74) is 7.15. The summed E-state index contributed by atoms with van der Waals surface area (Å²) in [7, 11) is 0. The van der Waals surface area contributed by atoms with Crippen LogP contribution >= 0.6 is 0 Å². The van der Waals surface area contributed by atoms with Gasteiger partial charge in [0.25, 0.3) is 0 Å². The van der Waals surface area contributed by atoms with Crippen LogP contribution in [0.25, 0.3) is 5.69 Å². The molecule has 0 fully saturated rings. The molecule has 5 heteroatoms. The number of anilines is 1. The van der Waals surface area contributed by atoms with Gasteiger partial charge in [-0.15, -0.1) is 0 Å². The minimum Gasteiger partial charge on any atom is -0.326 e. The van der Waals surface area contributed by atoms with Crippen LogP contribution in [0.3, 0.4) is 0 Å². The molecule has 0 saturated heterocycles. The molecule has 0 spiro atoms. The van der Waals surface area contributed by atoms with E-state index in [9.17, 15) is 4.79 Å². The van der Waals surface area contributed by atoms with Gasteiger partial charge in [0.05, 0.1) is 11.4 Å². The predicted octanol–water partition coefficient (Wildman–Crippen LogP) is 2.33. The molecule has 2 rings (SSSR count). The summed E-state index contributed by atoms with van der Waals surface area (Å²) in [4.78, 5) is 12.0. The number of para-hydroxylation sites is 2. The van der Waals surface area contributed by atoms with E-state index in [1.807, 2.05) is 50.4 Å². The van der Waals surface area contributed by atoms with Crippen LogP contribution in [0.2, 0.25) is 0 Å². The molecule has 0 bridgehead atoms. The largest absolute Gasteiger partial charge is 0.326 e. The van der Waals surface area contributed by atoms with Crippen LogP contribution in [0.5, 0.6) is 0 Å². The average Bonchev–Trinajstić information content (AvgIpc) is 2.90. The molecule has 0 radical (unpaired) electrons. The average molecular weight is 272 g/mol. The lowest BCUT2D eigenvalue weighted by Gasteiger charge is -2.18. The van der Waals surface area contributed by atoms with Crippen LogP contribution in [0.15, 0.2) is 42.7 Å². The molecule has 1 heterocycles. The van der Waals surface area contributed by atoms with Crippen molar-refractivity contribution >= 4 is 11.6 Å². The van der Waals surface area contributed by atoms with E-state index in [4.69, 9.17) is 5.73 Å². The second-order valence-corrected chi connectivity index (χ2v) is 5.50. The molecule has 0 unspecified atom stereocenters. The first-order valence-corrected chi connectivity index (χ1v) is 6.63. The molecule has 2 aromatic rings. The van der Waals surface area contributed by atoms with Crippen LogP contribution in [-0.2, 0) is 4.79 Å². The lowest BCUT2D eigenvalue weighted by molar-refractivity contribution is -0.116. The number of nitrogens with one attached hydrogen (secondary N) is 1. The Morgan fingerprint density at radius 3 is 2.75 bits per heavy atom. The van der Waals surface area contributed by atoms with Crippen LogP contribution in [0.4, 0.5) is 5.69 Å². The maximum atomic E-state index is 12.0. The number of nitrogens with zero attached hydrogens (tertiary/aromatic N) is 2. The third-order valence-electron chi connectivity index (χ3n) is 2.93.